The summed E-state index contributed by atoms with van der Waals surface area (Å²) < 4.78 is 27.8. The molecule has 1 N–H and O–H groups in total. The third kappa shape index (κ3) is 2.70. The van der Waals surface area contributed by atoms with Crippen molar-refractivity contribution in [3.05, 3.63) is 41.0 Å². The maximum absolute atomic E-state index is 12.1. The van der Waals surface area contributed by atoms with Crippen molar-refractivity contribution in [2.45, 2.75) is 5.03 Å². The average Bonchev–Trinajstić information content (AvgIpc) is 2.79. The third-order valence-corrected chi connectivity index (χ3v) is 4.15. The number of aromatic nitrogens is 2. The maximum atomic E-state index is 12.1. The number of sulfonamides is 1. The van der Waals surface area contributed by atoms with Crippen molar-refractivity contribution in [3.63, 3.8) is 0 Å². The number of nitriles is 1. The van der Waals surface area contributed by atoms with Crippen molar-refractivity contribution in [2.24, 2.45) is 7.05 Å². The first-order valence-corrected chi connectivity index (χ1v) is 7.00. The van der Waals surface area contributed by atoms with E-state index in [2.05, 4.69) is 9.82 Å². The Morgan fingerprint density at radius 2 is 2.16 bits per heavy atom. The number of aryl methyl sites for hydroxylation is 1. The lowest BCUT2D eigenvalue weighted by molar-refractivity contribution is 0.582. The van der Waals surface area contributed by atoms with Crippen LogP contribution in [0.2, 0.25) is 5.02 Å². The Balaban J connectivity index is 2.37. The molecule has 0 aliphatic carbocycles. The van der Waals surface area contributed by atoms with E-state index >= 15 is 0 Å². The molecule has 1 aromatic carbocycles. The van der Waals surface area contributed by atoms with Gasteiger partial charge in [-0.3, -0.25) is 9.40 Å². The fourth-order valence-corrected chi connectivity index (χ4v) is 2.98. The summed E-state index contributed by atoms with van der Waals surface area (Å²) in [6.45, 7) is 0. The van der Waals surface area contributed by atoms with Crippen LogP contribution in [-0.4, -0.2) is 18.2 Å². The van der Waals surface area contributed by atoms with Crippen LogP contribution >= 0.6 is 11.6 Å². The van der Waals surface area contributed by atoms with Gasteiger partial charge in [-0.25, -0.2) is 0 Å². The van der Waals surface area contributed by atoms with Gasteiger partial charge < -0.3 is 0 Å². The SMILES string of the molecule is Cn1nccc1S(=O)(=O)Nc1ccc(C#N)cc1Cl. The molecule has 0 aliphatic heterocycles. The summed E-state index contributed by atoms with van der Waals surface area (Å²) in [6, 6.07) is 7.60. The van der Waals surface area contributed by atoms with Gasteiger partial charge in [0.2, 0.25) is 0 Å². The zero-order valence-corrected chi connectivity index (χ0v) is 11.4. The smallest absolute Gasteiger partial charge is 0.277 e. The zero-order chi connectivity index (χ0) is 14.0. The van der Waals surface area contributed by atoms with Gasteiger partial charge in [0, 0.05) is 7.05 Å². The summed E-state index contributed by atoms with van der Waals surface area (Å²) in [6.07, 6.45) is 1.38. The topological polar surface area (TPSA) is 87.8 Å². The van der Waals surface area contributed by atoms with Crippen molar-refractivity contribution in [2.75, 3.05) is 4.72 Å². The minimum Gasteiger partial charge on any atom is -0.277 e. The highest BCUT2D eigenvalue weighted by atomic mass is 35.5. The van der Waals surface area contributed by atoms with E-state index in [0.717, 1.165) is 0 Å². The lowest BCUT2D eigenvalue weighted by atomic mass is 10.2. The number of halogens is 1. The van der Waals surface area contributed by atoms with Gasteiger partial charge in [-0.05, 0) is 24.3 Å². The van der Waals surface area contributed by atoms with E-state index in [-0.39, 0.29) is 15.7 Å². The number of benzene rings is 1. The quantitative estimate of drug-likeness (QED) is 0.934. The Morgan fingerprint density at radius 1 is 1.42 bits per heavy atom. The van der Waals surface area contributed by atoms with Crippen molar-refractivity contribution < 1.29 is 8.42 Å². The second kappa shape index (κ2) is 4.91. The second-order valence-corrected chi connectivity index (χ2v) is 5.74. The maximum Gasteiger partial charge on any atom is 0.279 e. The third-order valence-electron chi connectivity index (χ3n) is 2.39. The first-order valence-electron chi connectivity index (χ1n) is 5.14. The number of nitrogens with zero attached hydrogens (tertiary/aromatic N) is 3. The molecule has 1 aromatic heterocycles. The molecule has 98 valence electrons. The molecule has 0 radical (unpaired) electrons. The van der Waals surface area contributed by atoms with Crippen LogP contribution in [0.4, 0.5) is 5.69 Å². The molecule has 8 heteroatoms. The van der Waals surface area contributed by atoms with E-state index < -0.39 is 10.0 Å². The molecular weight excluding hydrogens is 288 g/mol. The number of nitrogens with one attached hydrogen (secondary N) is 1. The van der Waals surface area contributed by atoms with Crippen LogP contribution in [0.25, 0.3) is 0 Å². The second-order valence-electron chi connectivity index (χ2n) is 3.70. The summed E-state index contributed by atoms with van der Waals surface area (Å²) in [7, 11) is -2.24. The lowest BCUT2D eigenvalue weighted by Gasteiger charge is -2.09. The van der Waals surface area contributed by atoms with Gasteiger partial charge >= 0.3 is 0 Å². The van der Waals surface area contributed by atoms with Crippen LogP contribution < -0.4 is 4.72 Å². The molecule has 0 unspecified atom stereocenters. The Labute approximate surface area is 115 Å². The molecule has 2 rings (SSSR count). The van der Waals surface area contributed by atoms with Gasteiger partial charge in [0.05, 0.1) is 28.5 Å². The Hall–Kier alpha value is -2.04. The number of hydrogen-bond acceptors (Lipinski definition) is 4. The van der Waals surface area contributed by atoms with Crippen molar-refractivity contribution in [3.8, 4) is 6.07 Å². The molecule has 0 atom stereocenters. The fourth-order valence-electron chi connectivity index (χ4n) is 1.49. The molecular formula is C11H9ClN4O2S. The van der Waals surface area contributed by atoms with E-state index in [1.807, 2.05) is 6.07 Å². The average molecular weight is 297 g/mol. The van der Waals surface area contributed by atoms with Crippen LogP contribution in [-0.2, 0) is 17.1 Å². The minimum absolute atomic E-state index is 0.0212. The summed E-state index contributed by atoms with van der Waals surface area (Å²) in [5, 5.41) is 12.7. The van der Waals surface area contributed by atoms with Gasteiger partial charge in [-0.15, -0.1) is 0 Å². The van der Waals surface area contributed by atoms with Crippen LogP contribution in [0.15, 0.2) is 35.5 Å². The molecule has 2 aromatic rings. The number of rotatable bonds is 3. The molecule has 0 saturated heterocycles. The Kier molecular flexibility index (Phi) is 3.46. The molecule has 1 heterocycles. The van der Waals surface area contributed by atoms with E-state index in [1.54, 1.807) is 0 Å². The van der Waals surface area contributed by atoms with Gasteiger partial charge in [0.25, 0.3) is 10.0 Å². The highest BCUT2D eigenvalue weighted by Crippen LogP contribution is 2.25. The molecule has 19 heavy (non-hydrogen) atoms. The van der Waals surface area contributed by atoms with Crippen molar-refractivity contribution in [1.82, 2.24) is 9.78 Å². The Bertz CT molecular complexity index is 761. The molecule has 0 saturated carbocycles. The lowest BCUT2D eigenvalue weighted by Crippen LogP contribution is -2.16. The van der Waals surface area contributed by atoms with Crippen LogP contribution in [0.5, 0.6) is 0 Å². The molecule has 6 nitrogen and oxygen atoms in total. The van der Waals surface area contributed by atoms with Gasteiger partial charge in [0.1, 0.15) is 0 Å². The van der Waals surface area contributed by atoms with E-state index in [9.17, 15) is 8.42 Å². The van der Waals surface area contributed by atoms with Crippen LogP contribution in [0.1, 0.15) is 5.56 Å². The summed E-state index contributed by atoms with van der Waals surface area (Å²) in [5.74, 6) is 0. The van der Waals surface area contributed by atoms with Gasteiger partial charge in [0.15, 0.2) is 5.03 Å². The minimum atomic E-state index is -3.76. The van der Waals surface area contributed by atoms with Crippen LogP contribution in [0, 0.1) is 11.3 Å². The fraction of sp³-hybridized carbons (Fsp3) is 0.0909. The normalized spacial score (nSPS) is 11.0. The standard InChI is InChI=1S/C11H9ClN4O2S/c1-16-11(4-5-14-16)19(17,18)15-10-3-2-8(7-13)6-9(10)12/h2-6,15H,1H3. The first kappa shape index (κ1) is 13.4. The van der Waals surface area contributed by atoms with E-state index in [4.69, 9.17) is 16.9 Å². The highest BCUT2D eigenvalue weighted by Gasteiger charge is 2.19. The molecule has 0 spiro atoms. The molecule has 0 amide bonds. The Morgan fingerprint density at radius 3 is 2.68 bits per heavy atom. The summed E-state index contributed by atoms with van der Waals surface area (Å²) in [4.78, 5) is 0. The van der Waals surface area contributed by atoms with Crippen molar-refractivity contribution in [1.29, 1.82) is 5.26 Å². The molecule has 0 fully saturated rings. The van der Waals surface area contributed by atoms with Gasteiger partial charge in [-0.1, -0.05) is 11.6 Å². The van der Waals surface area contributed by atoms with Crippen molar-refractivity contribution >= 4 is 27.3 Å². The predicted molar refractivity (Wildman–Crippen MR) is 70.2 cm³/mol. The van der Waals surface area contributed by atoms with Crippen LogP contribution in [0.3, 0.4) is 0 Å². The predicted octanol–water partition coefficient (Wildman–Crippen LogP) is 1.75. The van der Waals surface area contributed by atoms with E-state index in [0.29, 0.717) is 5.56 Å². The molecule has 0 bridgehead atoms. The monoisotopic (exact) mass is 296 g/mol. The van der Waals surface area contributed by atoms with Gasteiger partial charge in [-0.2, -0.15) is 18.8 Å². The van der Waals surface area contributed by atoms with E-state index in [1.165, 1.54) is 42.2 Å². The first-order chi connectivity index (χ1) is 8.94. The summed E-state index contributed by atoms with van der Waals surface area (Å²) in [5.41, 5.74) is 0.565. The zero-order valence-electron chi connectivity index (χ0n) is 9.83. The summed E-state index contributed by atoms with van der Waals surface area (Å²) >= 11 is 5.91. The molecule has 0 aliphatic rings. The largest absolute Gasteiger partial charge is 0.279 e. The number of anilines is 1. The highest BCUT2D eigenvalue weighted by molar-refractivity contribution is 7.92. The number of hydrogen-bond donors (Lipinski definition) is 1.